The number of rotatable bonds is 2. The second kappa shape index (κ2) is 6.20. The number of hydrazine groups is 1. The van der Waals surface area contributed by atoms with E-state index in [9.17, 15) is 0 Å². The third-order valence-electron chi connectivity index (χ3n) is 3.08. The van der Waals surface area contributed by atoms with Crippen LogP contribution in [0.3, 0.4) is 0 Å². The lowest BCUT2D eigenvalue weighted by molar-refractivity contribution is 0.700. The average molecular weight is 311 g/mol. The molecule has 1 aliphatic carbocycles. The van der Waals surface area contributed by atoms with Crippen molar-refractivity contribution in [3.8, 4) is 0 Å². The highest BCUT2D eigenvalue weighted by molar-refractivity contribution is 9.10. The Morgan fingerprint density at radius 3 is 2.67 bits per heavy atom. The normalized spacial score (nSPS) is 16.9. The first-order valence-electron chi connectivity index (χ1n) is 6.26. The lowest BCUT2D eigenvalue weighted by atomic mass is 10.2. The molecule has 0 saturated heterocycles. The standard InChI is InChI=1S/C13H19BrN4/c1-9-6-10(14)8-12(7-9)17-13(18-15)16-11-4-2-3-5-11/h6-8,11H,2-5,15H2,1H3,(H2,16,17,18). The van der Waals surface area contributed by atoms with E-state index in [2.05, 4.69) is 50.7 Å². The van der Waals surface area contributed by atoms with Crippen LogP contribution in [0.1, 0.15) is 31.2 Å². The van der Waals surface area contributed by atoms with Gasteiger partial charge < -0.3 is 5.32 Å². The molecule has 0 aliphatic heterocycles. The molecule has 0 unspecified atom stereocenters. The SMILES string of the molecule is Cc1cc(Br)cc(NC(=NC2CCCC2)NN)c1. The minimum Gasteiger partial charge on any atom is -0.325 e. The van der Waals surface area contributed by atoms with E-state index in [1.807, 2.05) is 6.07 Å². The lowest BCUT2D eigenvalue weighted by Crippen LogP contribution is -2.37. The van der Waals surface area contributed by atoms with Crippen molar-refractivity contribution in [3.05, 3.63) is 28.2 Å². The zero-order valence-corrected chi connectivity index (χ0v) is 12.1. The van der Waals surface area contributed by atoms with E-state index < -0.39 is 0 Å². The predicted molar refractivity (Wildman–Crippen MR) is 79.5 cm³/mol. The van der Waals surface area contributed by atoms with Crippen LogP contribution in [0.4, 0.5) is 5.69 Å². The first kappa shape index (κ1) is 13.4. The van der Waals surface area contributed by atoms with E-state index in [1.54, 1.807) is 0 Å². The van der Waals surface area contributed by atoms with Crippen molar-refractivity contribution in [2.24, 2.45) is 10.8 Å². The summed E-state index contributed by atoms with van der Waals surface area (Å²) >= 11 is 3.48. The second-order valence-electron chi connectivity index (χ2n) is 4.70. The van der Waals surface area contributed by atoms with Gasteiger partial charge in [-0.1, -0.05) is 28.8 Å². The molecule has 4 N–H and O–H groups in total. The van der Waals surface area contributed by atoms with Gasteiger partial charge in [0.2, 0.25) is 5.96 Å². The fourth-order valence-corrected chi connectivity index (χ4v) is 2.87. The first-order valence-corrected chi connectivity index (χ1v) is 7.05. The quantitative estimate of drug-likeness (QED) is 0.341. The van der Waals surface area contributed by atoms with E-state index in [0.29, 0.717) is 12.0 Å². The summed E-state index contributed by atoms with van der Waals surface area (Å²) in [6, 6.07) is 6.53. The van der Waals surface area contributed by atoms with Crippen LogP contribution in [-0.4, -0.2) is 12.0 Å². The first-order chi connectivity index (χ1) is 8.67. The molecule has 1 saturated carbocycles. The van der Waals surface area contributed by atoms with Gasteiger partial charge in [0.15, 0.2) is 0 Å². The molecule has 4 nitrogen and oxygen atoms in total. The Kier molecular flexibility index (Phi) is 4.60. The van der Waals surface area contributed by atoms with Crippen LogP contribution in [0.15, 0.2) is 27.7 Å². The molecule has 0 bridgehead atoms. The fourth-order valence-electron chi connectivity index (χ4n) is 2.27. The van der Waals surface area contributed by atoms with Gasteiger partial charge in [-0.15, -0.1) is 0 Å². The van der Waals surface area contributed by atoms with Gasteiger partial charge in [0.1, 0.15) is 0 Å². The van der Waals surface area contributed by atoms with Crippen LogP contribution in [0.2, 0.25) is 0 Å². The molecule has 18 heavy (non-hydrogen) atoms. The van der Waals surface area contributed by atoms with Crippen LogP contribution < -0.4 is 16.6 Å². The van der Waals surface area contributed by atoms with Crippen molar-refractivity contribution < 1.29 is 0 Å². The Hall–Kier alpha value is -1.07. The summed E-state index contributed by atoms with van der Waals surface area (Å²) in [6.07, 6.45) is 4.85. The van der Waals surface area contributed by atoms with Crippen LogP contribution in [0.5, 0.6) is 0 Å². The zero-order valence-electron chi connectivity index (χ0n) is 10.5. The molecule has 0 aromatic heterocycles. The molecular formula is C13H19BrN4. The van der Waals surface area contributed by atoms with Gasteiger partial charge in [-0.3, -0.25) is 5.43 Å². The molecule has 1 aromatic carbocycles. The Morgan fingerprint density at radius 2 is 2.06 bits per heavy atom. The van der Waals surface area contributed by atoms with Crippen LogP contribution >= 0.6 is 15.9 Å². The number of hydrogen-bond acceptors (Lipinski definition) is 2. The predicted octanol–water partition coefficient (Wildman–Crippen LogP) is 2.93. The van der Waals surface area contributed by atoms with Gasteiger partial charge in [-0.25, -0.2) is 10.8 Å². The molecule has 1 aliphatic rings. The molecule has 5 heteroatoms. The Bertz CT molecular complexity index is 418. The highest BCUT2D eigenvalue weighted by Gasteiger charge is 2.14. The van der Waals surface area contributed by atoms with Crippen molar-refractivity contribution in [2.75, 3.05) is 5.32 Å². The Morgan fingerprint density at radius 1 is 1.33 bits per heavy atom. The summed E-state index contributed by atoms with van der Waals surface area (Å²) in [6.45, 7) is 2.06. The Balaban J connectivity index is 2.09. The molecule has 2 rings (SSSR count). The Labute approximate surface area is 116 Å². The summed E-state index contributed by atoms with van der Waals surface area (Å²) in [5, 5.41) is 3.22. The maximum atomic E-state index is 5.52. The number of anilines is 1. The smallest absolute Gasteiger partial charge is 0.210 e. The molecule has 1 aromatic rings. The monoisotopic (exact) mass is 310 g/mol. The zero-order chi connectivity index (χ0) is 13.0. The fraction of sp³-hybridized carbons (Fsp3) is 0.462. The van der Waals surface area contributed by atoms with Crippen LogP contribution in [0.25, 0.3) is 0 Å². The molecule has 0 atom stereocenters. The minimum atomic E-state index is 0.400. The maximum Gasteiger partial charge on any atom is 0.210 e. The third kappa shape index (κ3) is 3.71. The number of nitrogens with zero attached hydrogens (tertiary/aromatic N) is 1. The highest BCUT2D eigenvalue weighted by Crippen LogP contribution is 2.22. The third-order valence-corrected chi connectivity index (χ3v) is 3.54. The molecule has 0 radical (unpaired) electrons. The number of aliphatic imine (C=N–C) groups is 1. The van der Waals surface area contributed by atoms with Gasteiger partial charge in [-0.2, -0.15) is 0 Å². The number of nitrogens with two attached hydrogens (primary N) is 1. The van der Waals surface area contributed by atoms with E-state index >= 15 is 0 Å². The summed E-state index contributed by atoms with van der Waals surface area (Å²) in [4.78, 5) is 4.60. The van der Waals surface area contributed by atoms with Gasteiger partial charge in [-0.05, 0) is 43.5 Å². The van der Waals surface area contributed by atoms with Gasteiger partial charge in [0.25, 0.3) is 0 Å². The van der Waals surface area contributed by atoms with Crippen molar-refractivity contribution in [3.63, 3.8) is 0 Å². The topological polar surface area (TPSA) is 62.4 Å². The molecule has 98 valence electrons. The molecule has 0 spiro atoms. The molecule has 0 heterocycles. The number of halogens is 1. The average Bonchev–Trinajstić information content (AvgIpc) is 2.79. The van der Waals surface area contributed by atoms with E-state index in [1.165, 1.54) is 18.4 Å². The van der Waals surface area contributed by atoms with Crippen molar-refractivity contribution in [2.45, 2.75) is 38.6 Å². The van der Waals surface area contributed by atoms with E-state index in [4.69, 9.17) is 5.84 Å². The van der Waals surface area contributed by atoms with E-state index in [0.717, 1.165) is 23.0 Å². The summed E-state index contributed by atoms with van der Waals surface area (Å²) < 4.78 is 1.04. The van der Waals surface area contributed by atoms with Crippen molar-refractivity contribution in [1.29, 1.82) is 0 Å². The number of guanidine groups is 1. The number of nitrogens with one attached hydrogen (secondary N) is 2. The lowest BCUT2D eigenvalue weighted by Gasteiger charge is -2.12. The van der Waals surface area contributed by atoms with Crippen molar-refractivity contribution >= 4 is 27.6 Å². The van der Waals surface area contributed by atoms with Gasteiger partial charge >= 0.3 is 0 Å². The van der Waals surface area contributed by atoms with Crippen LogP contribution in [-0.2, 0) is 0 Å². The highest BCUT2D eigenvalue weighted by atomic mass is 79.9. The minimum absolute atomic E-state index is 0.400. The van der Waals surface area contributed by atoms with Crippen molar-refractivity contribution in [1.82, 2.24) is 5.43 Å². The summed E-state index contributed by atoms with van der Waals surface area (Å²) in [7, 11) is 0. The van der Waals surface area contributed by atoms with Crippen LogP contribution in [0, 0.1) is 6.92 Å². The maximum absolute atomic E-state index is 5.52. The number of benzene rings is 1. The summed E-state index contributed by atoms with van der Waals surface area (Å²) in [5.74, 6) is 6.16. The molecule has 0 amide bonds. The number of aryl methyl sites for hydroxylation is 1. The molecule has 1 fully saturated rings. The largest absolute Gasteiger partial charge is 0.325 e. The van der Waals surface area contributed by atoms with E-state index in [-0.39, 0.29) is 0 Å². The number of hydrogen-bond donors (Lipinski definition) is 3. The van der Waals surface area contributed by atoms with Gasteiger partial charge in [0.05, 0.1) is 6.04 Å². The van der Waals surface area contributed by atoms with Gasteiger partial charge in [0, 0.05) is 10.2 Å². The summed E-state index contributed by atoms with van der Waals surface area (Å²) in [5.41, 5.74) is 4.81. The molecular weight excluding hydrogens is 292 g/mol. The second-order valence-corrected chi connectivity index (χ2v) is 5.62.